The largest absolute Gasteiger partial charge is 0.355 e. The third kappa shape index (κ3) is 2.07. The van der Waals surface area contributed by atoms with Gasteiger partial charge in [-0.1, -0.05) is 19.3 Å². The SMILES string of the molecule is NCC1(Nc2nccs2)CCCCC1. The highest BCUT2D eigenvalue weighted by molar-refractivity contribution is 7.13. The van der Waals surface area contributed by atoms with Gasteiger partial charge in [0.1, 0.15) is 0 Å². The number of thiazole rings is 1. The lowest BCUT2D eigenvalue weighted by Crippen LogP contribution is -2.46. The maximum Gasteiger partial charge on any atom is 0.183 e. The molecule has 0 unspecified atom stereocenters. The number of rotatable bonds is 3. The van der Waals surface area contributed by atoms with Gasteiger partial charge in [0.25, 0.3) is 0 Å². The Morgan fingerprint density at radius 1 is 1.43 bits per heavy atom. The van der Waals surface area contributed by atoms with Crippen LogP contribution in [-0.2, 0) is 0 Å². The minimum absolute atomic E-state index is 0.121. The first kappa shape index (κ1) is 9.93. The fraction of sp³-hybridized carbons (Fsp3) is 0.700. The van der Waals surface area contributed by atoms with Crippen molar-refractivity contribution >= 4 is 16.5 Å². The molecule has 3 N–H and O–H groups in total. The van der Waals surface area contributed by atoms with Crippen molar-refractivity contribution in [2.45, 2.75) is 37.6 Å². The van der Waals surface area contributed by atoms with E-state index in [0.717, 1.165) is 5.13 Å². The Morgan fingerprint density at radius 2 is 2.21 bits per heavy atom. The van der Waals surface area contributed by atoms with Crippen molar-refractivity contribution in [1.82, 2.24) is 4.98 Å². The van der Waals surface area contributed by atoms with Crippen molar-refractivity contribution in [3.05, 3.63) is 11.6 Å². The lowest BCUT2D eigenvalue weighted by atomic mass is 9.82. The Morgan fingerprint density at radius 3 is 2.79 bits per heavy atom. The van der Waals surface area contributed by atoms with Crippen molar-refractivity contribution in [1.29, 1.82) is 0 Å². The summed E-state index contributed by atoms with van der Waals surface area (Å²) in [5.74, 6) is 0. The van der Waals surface area contributed by atoms with E-state index in [1.807, 2.05) is 11.6 Å². The molecule has 0 atom stereocenters. The second kappa shape index (κ2) is 4.28. The van der Waals surface area contributed by atoms with Crippen molar-refractivity contribution in [3.63, 3.8) is 0 Å². The molecule has 3 nitrogen and oxygen atoms in total. The Balaban J connectivity index is 2.04. The van der Waals surface area contributed by atoms with Crippen LogP contribution >= 0.6 is 11.3 Å². The van der Waals surface area contributed by atoms with E-state index >= 15 is 0 Å². The highest BCUT2D eigenvalue weighted by Gasteiger charge is 2.30. The maximum absolute atomic E-state index is 5.87. The average molecular weight is 211 g/mol. The molecule has 0 radical (unpaired) electrons. The molecule has 0 saturated heterocycles. The molecule has 1 aliphatic rings. The van der Waals surface area contributed by atoms with Gasteiger partial charge in [-0.15, -0.1) is 11.3 Å². The molecule has 1 heterocycles. The van der Waals surface area contributed by atoms with Crippen LogP contribution in [0.2, 0.25) is 0 Å². The quantitative estimate of drug-likeness (QED) is 0.806. The molecule has 78 valence electrons. The molecule has 0 bridgehead atoms. The normalized spacial score (nSPS) is 20.6. The minimum atomic E-state index is 0.121. The number of hydrogen-bond acceptors (Lipinski definition) is 4. The third-order valence-electron chi connectivity index (χ3n) is 3.01. The molecule has 0 spiro atoms. The molecule has 1 aromatic rings. The second-order valence-electron chi connectivity index (χ2n) is 4.01. The zero-order valence-electron chi connectivity index (χ0n) is 8.33. The van der Waals surface area contributed by atoms with Crippen LogP contribution < -0.4 is 11.1 Å². The fourth-order valence-corrected chi connectivity index (χ4v) is 2.77. The van der Waals surface area contributed by atoms with Gasteiger partial charge in [0, 0.05) is 18.1 Å². The highest BCUT2D eigenvalue weighted by Crippen LogP contribution is 2.31. The molecule has 0 aromatic carbocycles. The first-order valence-corrected chi connectivity index (χ1v) is 6.10. The summed E-state index contributed by atoms with van der Waals surface area (Å²) in [5.41, 5.74) is 5.99. The van der Waals surface area contributed by atoms with Gasteiger partial charge in [-0.25, -0.2) is 4.98 Å². The first-order chi connectivity index (χ1) is 6.85. The molecule has 14 heavy (non-hydrogen) atoms. The van der Waals surface area contributed by atoms with Crippen LogP contribution in [0.5, 0.6) is 0 Å². The van der Waals surface area contributed by atoms with Gasteiger partial charge in [0.2, 0.25) is 0 Å². The van der Waals surface area contributed by atoms with Crippen molar-refractivity contribution in [3.8, 4) is 0 Å². The van der Waals surface area contributed by atoms with Crippen molar-refractivity contribution in [2.75, 3.05) is 11.9 Å². The first-order valence-electron chi connectivity index (χ1n) is 5.22. The zero-order chi connectivity index (χ0) is 9.86. The fourth-order valence-electron chi connectivity index (χ4n) is 2.12. The summed E-state index contributed by atoms with van der Waals surface area (Å²) in [6.07, 6.45) is 8.12. The summed E-state index contributed by atoms with van der Waals surface area (Å²) in [4.78, 5) is 4.26. The van der Waals surface area contributed by atoms with E-state index in [-0.39, 0.29) is 5.54 Å². The molecule has 1 aliphatic carbocycles. The molecule has 1 fully saturated rings. The smallest absolute Gasteiger partial charge is 0.183 e. The highest BCUT2D eigenvalue weighted by atomic mass is 32.1. The van der Waals surface area contributed by atoms with E-state index < -0.39 is 0 Å². The molecule has 1 aromatic heterocycles. The predicted molar refractivity (Wildman–Crippen MR) is 60.6 cm³/mol. The number of nitrogens with two attached hydrogens (primary N) is 1. The molecule has 1 saturated carbocycles. The van der Waals surface area contributed by atoms with Crippen LogP contribution in [0.4, 0.5) is 5.13 Å². The van der Waals surface area contributed by atoms with Gasteiger partial charge in [-0.05, 0) is 12.8 Å². The molecule has 0 amide bonds. The van der Waals surface area contributed by atoms with E-state index in [1.54, 1.807) is 11.3 Å². The average Bonchev–Trinajstić information content (AvgIpc) is 2.72. The van der Waals surface area contributed by atoms with Crippen molar-refractivity contribution < 1.29 is 0 Å². The van der Waals surface area contributed by atoms with Crippen molar-refractivity contribution in [2.24, 2.45) is 5.73 Å². The summed E-state index contributed by atoms with van der Waals surface area (Å²) in [7, 11) is 0. The Kier molecular flexibility index (Phi) is 3.03. The van der Waals surface area contributed by atoms with Crippen LogP contribution in [0.1, 0.15) is 32.1 Å². The monoisotopic (exact) mass is 211 g/mol. The Labute approximate surface area is 88.7 Å². The van der Waals surface area contributed by atoms with Crippen LogP contribution in [0.3, 0.4) is 0 Å². The van der Waals surface area contributed by atoms with Gasteiger partial charge in [0.05, 0.1) is 5.54 Å². The van der Waals surface area contributed by atoms with E-state index in [1.165, 1.54) is 32.1 Å². The molecule has 2 rings (SSSR count). The van der Waals surface area contributed by atoms with Gasteiger partial charge < -0.3 is 11.1 Å². The number of anilines is 1. The number of hydrogen-bond donors (Lipinski definition) is 2. The van der Waals surface area contributed by atoms with Crippen LogP contribution in [0, 0.1) is 0 Å². The number of nitrogens with zero attached hydrogens (tertiary/aromatic N) is 1. The lowest BCUT2D eigenvalue weighted by Gasteiger charge is -2.36. The predicted octanol–water partition coefficient (Wildman–Crippen LogP) is 2.22. The Bertz CT molecular complexity index is 265. The summed E-state index contributed by atoms with van der Waals surface area (Å²) >= 11 is 1.65. The zero-order valence-corrected chi connectivity index (χ0v) is 9.15. The molecular formula is C10H17N3S. The summed E-state index contributed by atoms with van der Waals surface area (Å²) in [6.45, 7) is 0.715. The Hall–Kier alpha value is -0.610. The standard InChI is InChI=1S/C10H17N3S/c11-8-10(4-2-1-3-5-10)13-9-12-6-7-14-9/h6-7H,1-5,8,11H2,(H,12,13). The summed E-state index contributed by atoms with van der Waals surface area (Å²) < 4.78 is 0. The van der Waals surface area contributed by atoms with E-state index in [4.69, 9.17) is 5.73 Å². The van der Waals surface area contributed by atoms with E-state index in [2.05, 4.69) is 10.3 Å². The minimum Gasteiger partial charge on any atom is -0.355 e. The number of nitrogens with one attached hydrogen (secondary N) is 1. The topological polar surface area (TPSA) is 50.9 Å². The van der Waals surface area contributed by atoms with E-state index in [0.29, 0.717) is 6.54 Å². The summed E-state index contributed by atoms with van der Waals surface area (Å²) in [6, 6.07) is 0. The van der Waals surface area contributed by atoms with Gasteiger partial charge in [-0.3, -0.25) is 0 Å². The molecule has 4 heteroatoms. The van der Waals surface area contributed by atoms with E-state index in [9.17, 15) is 0 Å². The van der Waals surface area contributed by atoms with Gasteiger partial charge >= 0.3 is 0 Å². The third-order valence-corrected chi connectivity index (χ3v) is 3.69. The van der Waals surface area contributed by atoms with Gasteiger partial charge in [-0.2, -0.15) is 0 Å². The number of aromatic nitrogens is 1. The lowest BCUT2D eigenvalue weighted by molar-refractivity contribution is 0.331. The second-order valence-corrected chi connectivity index (χ2v) is 4.90. The molecular weight excluding hydrogens is 194 g/mol. The maximum atomic E-state index is 5.87. The van der Waals surface area contributed by atoms with Crippen LogP contribution in [-0.4, -0.2) is 17.1 Å². The van der Waals surface area contributed by atoms with Crippen LogP contribution in [0.15, 0.2) is 11.6 Å². The molecule has 0 aliphatic heterocycles. The summed E-state index contributed by atoms with van der Waals surface area (Å²) in [5, 5.41) is 6.51. The van der Waals surface area contributed by atoms with Crippen LogP contribution in [0.25, 0.3) is 0 Å². The van der Waals surface area contributed by atoms with Gasteiger partial charge in [0.15, 0.2) is 5.13 Å².